The van der Waals surface area contributed by atoms with Crippen LogP contribution in [-0.4, -0.2) is 44.6 Å². The van der Waals surface area contributed by atoms with Crippen molar-refractivity contribution in [3.05, 3.63) is 40.9 Å². The Balaban J connectivity index is 1.76. The van der Waals surface area contributed by atoms with Crippen molar-refractivity contribution in [3.63, 3.8) is 0 Å². The van der Waals surface area contributed by atoms with E-state index < -0.39 is 0 Å². The molecule has 22 heavy (non-hydrogen) atoms. The Morgan fingerprint density at radius 1 is 1.32 bits per heavy atom. The zero-order valence-electron chi connectivity index (χ0n) is 13.0. The van der Waals surface area contributed by atoms with Crippen LogP contribution in [0.2, 0.25) is 0 Å². The van der Waals surface area contributed by atoms with Crippen molar-refractivity contribution in [2.45, 2.75) is 19.7 Å². The average molecular weight is 322 g/mol. The minimum atomic E-state index is -0.109. The predicted octanol–water partition coefficient (Wildman–Crippen LogP) is 1.80. The van der Waals surface area contributed by atoms with Gasteiger partial charge in [-0.15, -0.1) is 0 Å². The molecule has 0 radical (unpaired) electrons. The molecule has 0 aliphatic heterocycles. The van der Waals surface area contributed by atoms with E-state index in [0.29, 0.717) is 23.9 Å². The highest BCUT2D eigenvalue weighted by Crippen LogP contribution is 2.08. The van der Waals surface area contributed by atoms with Crippen LogP contribution in [0.3, 0.4) is 0 Å². The van der Waals surface area contributed by atoms with Crippen LogP contribution in [0.1, 0.15) is 12.2 Å². The summed E-state index contributed by atoms with van der Waals surface area (Å²) in [5.41, 5.74) is 0. The molecule has 0 spiro atoms. The molecule has 1 aromatic carbocycles. The molecular weight excluding hydrogens is 300 g/mol. The number of aliphatic hydroxyl groups is 1. The van der Waals surface area contributed by atoms with Crippen molar-refractivity contribution < 1.29 is 9.84 Å². The number of hydrogen-bond acceptors (Lipinski definition) is 5. The van der Waals surface area contributed by atoms with Crippen LogP contribution in [0.15, 0.2) is 30.3 Å². The lowest BCUT2D eigenvalue weighted by Crippen LogP contribution is -2.25. The lowest BCUT2D eigenvalue weighted by atomic mass is 10.3. The molecule has 0 saturated heterocycles. The normalized spacial score (nSPS) is 11.1. The summed E-state index contributed by atoms with van der Waals surface area (Å²) in [7, 11) is 3.82. The van der Waals surface area contributed by atoms with E-state index in [1.807, 2.05) is 44.4 Å². The lowest BCUT2D eigenvalue weighted by Gasteiger charge is -2.16. The number of aliphatic hydroxyl groups excluding tert-OH is 1. The number of ether oxygens (including phenoxy) is 1. The van der Waals surface area contributed by atoms with Gasteiger partial charge in [0.25, 0.3) is 0 Å². The SMILES string of the molecule is CN(CCCOc1ccccc1)Cn1nc(CO)n(C)c1=S. The molecule has 1 heterocycles. The second-order valence-electron chi connectivity index (χ2n) is 5.15. The highest BCUT2D eigenvalue weighted by atomic mass is 32.1. The van der Waals surface area contributed by atoms with Gasteiger partial charge in [-0.1, -0.05) is 18.2 Å². The number of nitrogens with zero attached hydrogens (tertiary/aromatic N) is 4. The molecule has 7 heteroatoms. The molecule has 0 fully saturated rings. The standard InChI is InChI=1S/C15H22N4O2S/c1-17(9-6-10-21-13-7-4-3-5-8-13)12-19-15(22)18(2)14(11-20)16-19/h3-5,7-8,20H,6,9-12H2,1-2H3. The van der Waals surface area contributed by atoms with Gasteiger partial charge in [0.2, 0.25) is 0 Å². The van der Waals surface area contributed by atoms with E-state index in [0.717, 1.165) is 18.7 Å². The third-order valence-electron chi connectivity index (χ3n) is 3.34. The van der Waals surface area contributed by atoms with Gasteiger partial charge < -0.3 is 14.4 Å². The summed E-state index contributed by atoms with van der Waals surface area (Å²) in [5.74, 6) is 1.47. The van der Waals surface area contributed by atoms with Gasteiger partial charge >= 0.3 is 0 Å². The first-order valence-corrected chi connectivity index (χ1v) is 7.62. The fourth-order valence-corrected chi connectivity index (χ4v) is 2.31. The Labute approximate surface area is 135 Å². The van der Waals surface area contributed by atoms with Crippen molar-refractivity contribution in [2.75, 3.05) is 20.2 Å². The molecule has 0 unspecified atom stereocenters. The maximum Gasteiger partial charge on any atom is 0.198 e. The Morgan fingerprint density at radius 3 is 2.68 bits per heavy atom. The molecule has 120 valence electrons. The third kappa shape index (κ3) is 4.40. The fourth-order valence-electron chi connectivity index (χ4n) is 2.10. The molecular formula is C15H22N4O2S. The van der Waals surface area contributed by atoms with Crippen molar-refractivity contribution in [2.24, 2.45) is 7.05 Å². The second-order valence-corrected chi connectivity index (χ2v) is 5.52. The molecule has 0 amide bonds. The van der Waals surface area contributed by atoms with Crippen LogP contribution in [0, 0.1) is 4.77 Å². The van der Waals surface area contributed by atoms with Gasteiger partial charge in [-0.3, -0.25) is 4.90 Å². The molecule has 0 atom stereocenters. The smallest absolute Gasteiger partial charge is 0.198 e. The van der Waals surface area contributed by atoms with Gasteiger partial charge in [-0.05, 0) is 37.8 Å². The summed E-state index contributed by atoms with van der Waals surface area (Å²) in [6.07, 6.45) is 0.915. The summed E-state index contributed by atoms with van der Waals surface area (Å²) in [6.45, 7) is 2.03. The van der Waals surface area contributed by atoms with Gasteiger partial charge in [-0.25, -0.2) is 4.68 Å². The highest BCUT2D eigenvalue weighted by molar-refractivity contribution is 7.71. The average Bonchev–Trinajstić information content (AvgIpc) is 2.80. The van der Waals surface area contributed by atoms with E-state index in [2.05, 4.69) is 10.00 Å². The second kappa shape index (κ2) is 8.07. The van der Waals surface area contributed by atoms with Crippen molar-refractivity contribution in [1.82, 2.24) is 19.2 Å². The molecule has 6 nitrogen and oxygen atoms in total. The van der Waals surface area contributed by atoms with E-state index in [1.165, 1.54) is 0 Å². The lowest BCUT2D eigenvalue weighted by molar-refractivity contribution is 0.219. The Hall–Kier alpha value is -1.70. The van der Waals surface area contributed by atoms with E-state index in [-0.39, 0.29) is 6.61 Å². The zero-order valence-corrected chi connectivity index (χ0v) is 13.8. The van der Waals surface area contributed by atoms with E-state index >= 15 is 0 Å². The van der Waals surface area contributed by atoms with Gasteiger partial charge in [-0.2, -0.15) is 5.10 Å². The van der Waals surface area contributed by atoms with Gasteiger partial charge in [0.15, 0.2) is 10.6 Å². The zero-order chi connectivity index (χ0) is 15.9. The number of para-hydroxylation sites is 1. The molecule has 1 aromatic heterocycles. The largest absolute Gasteiger partial charge is 0.494 e. The molecule has 2 aromatic rings. The number of hydrogen-bond donors (Lipinski definition) is 1. The summed E-state index contributed by atoms with van der Waals surface area (Å²) in [6, 6.07) is 9.80. The molecule has 0 aliphatic rings. The molecule has 0 saturated carbocycles. The van der Waals surface area contributed by atoms with Crippen LogP contribution < -0.4 is 4.74 Å². The molecule has 0 aliphatic carbocycles. The van der Waals surface area contributed by atoms with Crippen LogP contribution in [0.4, 0.5) is 0 Å². The Kier molecular flexibility index (Phi) is 6.11. The maximum atomic E-state index is 9.20. The number of benzene rings is 1. The van der Waals surface area contributed by atoms with E-state index in [4.69, 9.17) is 17.0 Å². The summed E-state index contributed by atoms with van der Waals surface area (Å²) < 4.78 is 9.72. The minimum absolute atomic E-state index is 0.109. The first-order valence-electron chi connectivity index (χ1n) is 7.21. The molecule has 0 bridgehead atoms. The van der Waals surface area contributed by atoms with Crippen LogP contribution in [0.5, 0.6) is 5.75 Å². The third-order valence-corrected chi connectivity index (χ3v) is 3.83. The van der Waals surface area contributed by atoms with Crippen molar-refractivity contribution in [1.29, 1.82) is 0 Å². The minimum Gasteiger partial charge on any atom is -0.494 e. The van der Waals surface area contributed by atoms with E-state index in [9.17, 15) is 5.11 Å². The van der Waals surface area contributed by atoms with Crippen molar-refractivity contribution >= 4 is 12.2 Å². The van der Waals surface area contributed by atoms with Crippen LogP contribution in [-0.2, 0) is 20.3 Å². The van der Waals surface area contributed by atoms with Crippen LogP contribution in [0.25, 0.3) is 0 Å². The quantitative estimate of drug-likeness (QED) is 0.593. The van der Waals surface area contributed by atoms with E-state index in [1.54, 1.807) is 9.25 Å². The summed E-state index contributed by atoms with van der Waals surface area (Å²) in [5, 5.41) is 13.5. The summed E-state index contributed by atoms with van der Waals surface area (Å²) in [4.78, 5) is 2.12. The highest BCUT2D eigenvalue weighted by Gasteiger charge is 2.08. The Bertz CT molecular complexity index is 639. The fraction of sp³-hybridized carbons (Fsp3) is 0.467. The first-order chi connectivity index (χ1) is 10.6. The topological polar surface area (TPSA) is 55.4 Å². The summed E-state index contributed by atoms with van der Waals surface area (Å²) >= 11 is 5.30. The molecule has 1 N–H and O–H groups in total. The maximum absolute atomic E-state index is 9.20. The molecule has 2 rings (SSSR count). The van der Waals surface area contributed by atoms with Crippen LogP contribution >= 0.6 is 12.2 Å². The Morgan fingerprint density at radius 2 is 2.05 bits per heavy atom. The number of aromatic nitrogens is 3. The van der Waals surface area contributed by atoms with Gasteiger partial charge in [0.1, 0.15) is 12.4 Å². The predicted molar refractivity (Wildman–Crippen MR) is 87.1 cm³/mol. The first kappa shape index (κ1) is 16.7. The monoisotopic (exact) mass is 322 g/mol. The van der Waals surface area contributed by atoms with Gasteiger partial charge in [0.05, 0.1) is 13.3 Å². The van der Waals surface area contributed by atoms with Crippen molar-refractivity contribution in [3.8, 4) is 5.75 Å². The van der Waals surface area contributed by atoms with Gasteiger partial charge in [0, 0.05) is 13.6 Å². The number of rotatable bonds is 8.